The van der Waals surface area contributed by atoms with Crippen molar-refractivity contribution >= 4 is 35.5 Å². The molecule has 23 heavy (non-hydrogen) atoms. The Bertz CT molecular complexity index is 733. The van der Waals surface area contributed by atoms with E-state index in [2.05, 4.69) is 48.6 Å². The third kappa shape index (κ3) is 3.97. The van der Waals surface area contributed by atoms with Gasteiger partial charge in [0.25, 0.3) is 0 Å². The molecule has 1 aliphatic rings. The quantitative estimate of drug-likeness (QED) is 0.692. The zero-order chi connectivity index (χ0) is 16.1. The molecule has 0 amide bonds. The van der Waals surface area contributed by atoms with Crippen molar-refractivity contribution in [2.75, 3.05) is 7.11 Å². The number of allylic oxidation sites excluding steroid dienone is 5. The van der Waals surface area contributed by atoms with E-state index >= 15 is 0 Å². The number of rotatable bonds is 5. The van der Waals surface area contributed by atoms with Crippen molar-refractivity contribution in [3.63, 3.8) is 0 Å². The van der Waals surface area contributed by atoms with E-state index in [1.54, 1.807) is 7.11 Å². The molecule has 0 radical (unpaired) electrons. The molecule has 0 aromatic heterocycles. The first-order valence-electron chi connectivity index (χ1n) is 7.40. The summed E-state index contributed by atoms with van der Waals surface area (Å²) < 4.78 is 7.79. The summed E-state index contributed by atoms with van der Waals surface area (Å²) in [4.78, 5) is 0. The second kappa shape index (κ2) is 7.70. The Morgan fingerprint density at radius 2 is 1.61 bits per heavy atom. The van der Waals surface area contributed by atoms with E-state index in [0.29, 0.717) is 0 Å². The number of benzene rings is 2. The zero-order valence-corrected chi connectivity index (χ0v) is 15.2. The predicted molar refractivity (Wildman–Crippen MR) is 99.4 cm³/mol. The number of ether oxygens (including phenoxy) is 1. The van der Waals surface area contributed by atoms with Crippen LogP contribution in [0.5, 0.6) is 5.75 Å². The van der Waals surface area contributed by atoms with Crippen LogP contribution >= 0.6 is 11.6 Å². The van der Waals surface area contributed by atoms with Crippen LogP contribution in [0.4, 0.5) is 0 Å². The molecule has 2 aromatic rings. The van der Waals surface area contributed by atoms with Gasteiger partial charge in [0, 0.05) is 0 Å². The molecule has 2 aromatic carbocycles. The Kier molecular flexibility index (Phi) is 5.40. The zero-order valence-electron chi connectivity index (χ0n) is 12.8. The molecule has 0 saturated heterocycles. The molecule has 0 saturated carbocycles. The molecule has 1 aliphatic carbocycles. The number of halogens is 1. The van der Waals surface area contributed by atoms with Crippen molar-refractivity contribution in [3.05, 3.63) is 89.5 Å². The summed E-state index contributed by atoms with van der Waals surface area (Å²) in [6.07, 6.45) is 8.36. The summed E-state index contributed by atoms with van der Waals surface area (Å²) >= 11 is 6.92. The molecule has 0 N–H and O–H groups in total. The van der Waals surface area contributed by atoms with Crippen molar-refractivity contribution in [2.24, 2.45) is 5.92 Å². The second-order valence-electron chi connectivity index (χ2n) is 5.12. The van der Waals surface area contributed by atoms with E-state index in [9.17, 15) is 0 Å². The SMILES string of the molecule is COc1ccc(/C([Se]c2ccccc2)=C(\Cl)C2C=CC=C2)cc1. The van der Waals surface area contributed by atoms with E-state index in [-0.39, 0.29) is 20.9 Å². The van der Waals surface area contributed by atoms with Gasteiger partial charge in [-0.15, -0.1) is 0 Å². The Balaban J connectivity index is 2.00. The van der Waals surface area contributed by atoms with E-state index < -0.39 is 0 Å². The Morgan fingerprint density at radius 1 is 0.957 bits per heavy atom. The summed E-state index contributed by atoms with van der Waals surface area (Å²) in [5, 5.41) is 0.906. The van der Waals surface area contributed by atoms with Crippen LogP contribution in [0.1, 0.15) is 5.56 Å². The van der Waals surface area contributed by atoms with Gasteiger partial charge in [-0.2, -0.15) is 0 Å². The fraction of sp³-hybridized carbons (Fsp3) is 0.100. The monoisotopic (exact) mass is 388 g/mol. The standard InChI is InChI=1S/C20H17ClOSe/c1-22-17-13-11-16(12-14-17)20(19(21)15-7-5-6-8-15)23-18-9-3-2-4-10-18/h2-15H,1H3/b20-19+. The van der Waals surface area contributed by atoms with Crippen molar-refractivity contribution in [1.82, 2.24) is 0 Å². The molecule has 0 fully saturated rings. The van der Waals surface area contributed by atoms with Crippen LogP contribution in [-0.4, -0.2) is 22.1 Å². The summed E-state index contributed by atoms with van der Waals surface area (Å²) in [6, 6.07) is 18.7. The van der Waals surface area contributed by atoms with E-state index in [1.165, 1.54) is 8.93 Å². The predicted octanol–water partition coefficient (Wildman–Crippen LogP) is 4.37. The Morgan fingerprint density at radius 3 is 2.22 bits per heavy atom. The third-order valence-electron chi connectivity index (χ3n) is 3.57. The Hall–Kier alpha value is -1.73. The van der Waals surface area contributed by atoms with Gasteiger partial charge in [-0.1, -0.05) is 0 Å². The number of hydrogen-bond donors (Lipinski definition) is 0. The van der Waals surface area contributed by atoms with E-state index in [0.717, 1.165) is 16.3 Å². The minimum atomic E-state index is 0.150. The van der Waals surface area contributed by atoms with Gasteiger partial charge in [0.15, 0.2) is 0 Å². The van der Waals surface area contributed by atoms with Crippen LogP contribution in [0.3, 0.4) is 0 Å². The molecular formula is C20H17ClOSe. The fourth-order valence-electron chi connectivity index (χ4n) is 2.35. The van der Waals surface area contributed by atoms with Gasteiger partial charge in [-0.3, -0.25) is 0 Å². The molecule has 0 aliphatic heterocycles. The summed E-state index contributed by atoms with van der Waals surface area (Å²) in [6.45, 7) is 0. The molecule has 1 nitrogen and oxygen atoms in total. The second-order valence-corrected chi connectivity index (χ2v) is 7.80. The fourth-order valence-corrected chi connectivity index (χ4v) is 4.93. The van der Waals surface area contributed by atoms with Gasteiger partial charge in [-0.05, 0) is 0 Å². The average molecular weight is 388 g/mol. The maximum absolute atomic E-state index is 6.77. The van der Waals surface area contributed by atoms with Crippen LogP contribution in [0.2, 0.25) is 0 Å². The van der Waals surface area contributed by atoms with Crippen LogP contribution < -0.4 is 9.20 Å². The van der Waals surface area contributed by atoms with Gasteiger partial charge in [0.2, 0.25) is 0 Å². The molecule has 0 unspecified atom stereocenters. The maximum atomic E-state index is 6.77. The van der Waals surface area contributed by atoms with Crippen molar-refractivity contribution in [2.45, 2.75) is 0 Å². The summed E-state index contributed by atoms with van der Waals surface area (Å²) in [5.41, 5.74) is 1.16. The van der Waals surface area contributed by atoms with Gasteiger partial charge >= 0.3 is 149 Å². The van der Waals surface area contributed by atoms with E-state index in [4.69, 9.17) is 16.3 Å². The summed E-state index contributed by atoms with van der Waals surface area (Å²) in [7, 11) is 1.68. The van der Waals surface area contributed by atoms with Gasteiger partial charge < -0.3 is 0 Å². The first kappa shape index (κ1) is 16.1. The molecule has 3 heteroatoms. The first-order chi connectivity index (χ1) is 11.3. The average Bonchev–Trinajstić information content (AvgIpc) is 3.15. The number of hydrogen-bond acceptors (Lipinski definition) is 1. The molecule has 0 heterocycles. The van der Waals surface area contributed by atoms with E-state index in [1.807, 2.05) is 30.4 Å². The van der Waals surface area contributed by atoms with Crippen LogP contribution in [0.25, 0.3) is 4.47 Å². The molecule has 0 bridgehead atoms. The molecular weight excluding hydrogens is 371 g/mol. The Labute approximate surface area is 148 Å². The molecule has 0 spiro atoms. The molecule has 0 atom stereocenters. The van der Waals surface area contributed by atoms with Gasteiger partial charge in [0.05, 0.1) is 0 Å². The molecule has 3 rings (SSSR count). The van der Waals surface area contributed by atoms with Crippen LogP contribution in [0, 0.1) is 5.92 Å². The normalized spacial score (nSPS) is 14.9. The minimum absolute atomic E-state index is 0.150. The summed E-state index contributed by atoms with van der Waals surface area (Å²) in [5.74, 6) is 1.04. The molecule has 116 valence electrons. The third-order valence-corrected chi connectivity index (χ3v) is 6.72. The van der Waals surface area contributed by atoms with Crippen LogP contribution in [-0.2, 0) is 0 Å². The van der Waals surface area contributed by atoms with Crippen molar-refractivity contribution < 1.29 is 4.74 Å². The topological polar surface area (TPSA) is 9.23 Å². The van der Waals surface area contributed by atoms with Crippen LogP contribution in [0.15, 0.2) is 83.9 Å². The first-order valence-corrected chi connectivity index (χ1v) is 9.49. The van der Waals surface area contributed by atoms with Gasteiger partial charge in [0.1, 0.15) is 0 Å². The van der Waals surface area contributed by atoms with Crippen molar-refractivity contribution in [1.29, 1.82) is 0 Å². The van der Waals surface area contributed by atoms with Crippen molar-refractivity contribution in [3.8, 4) is 5.75 Å². The number of methoxy groups -OCH3 is 1. The van der Waals surface area contributed by atoms with Gasteiger partial charge in [-0.25, -0.2) is 0 Å².